The van der Waals surface area contributed by atoms with E-state index < -0.39 is 11.0 Å². The summed E-state index contributed by atoms with van der Waals surface area (Å²) in [6, 6.07) is 15.9. The van der Waals surface area contributed by atoms with Gasteiger partial charge < -0.3 is 14.4 Å². The molecule has 3 heterocycles. The molecule has 31 heavy (non-hydrogen) atoms. The average molecular weight is 442 g/mol. The minimum atomic E-state index is -0.864. The van der Waals surface area contributed by atoms with Crippen LogP contribution in [-0.4, -0.2) is 65.6 Å². The minimum absolute atomic E-state index is 0.429. The van der Waals surface area contributed by atoms with Crippen molar-refractivity contribution in [2.75, 3.05) is 57.1 Å². The summed E-state index contributed by atoms with van der Waals surface area (Å²) >= 11 is 0. The van der Waals surface area contributed by atoms with Gasteiger partial charge in [0.25, 0.3) is 0 Å². The number of hydrogen-bond donors (Lipinski definition) is 0. The van der Waals surface area contributed by atoms with Crippen LogP contribution in [-0.2, 0) is 17.5 Å². The van der Waals surface area contributed by atoms with Gasteiger partial charge in [-0.1, -0.05) is 18.2 Å². The lowest BCUT2D eigenvalue weighted by molar-refractivity contribution is 0.170. The first kappa shape index (κ1) is 20.8. The third-order valence-corrected chi connectivity index (χ3v) is 7.70. The van der Waals surface area contributed by atoms with Crippen LogP contribution in [0.2, 0.25) is 0 Å². The predicted molar refractivity (Wildman–Crippen MR) is 124 cm³/mol. The predicted octanol–water partition coefficient (Wildman–Crippen LogP) is 3.21. The van der Waals surface area contributed by atoms with E-state index in [-0.39, 0.29) is 0 Å². The van der Waals surface area contributed by atoms with Gasteiger partial charge in [0.2, 0.25) is 0 Å². The van der Waals surface area contributed by atoms with Crippen molar-refractivity contribution in [2.24, 2.45) is 0 Å². The zero-order valence-electron chi connectivity index (χ0n) is 18.2. The van der Waals surface area contributed by atoms with E-state index in [4.69, 9.17) is 9.47 Å². The fraction of sp³-hybridized carbons (Fsp3) is 0.500. The fourth-order valence-electron chi connectivity index (χ4n) is 4.91. The highest BCUT2D eigenvalue weighted by Gasteiger charge is 2.27. The van der Waals surface area contributed by atoms with E-state index in [0.29, 0.717) is 19.3 Å². The smallest absolute Gasteiger partial charge is 0.161 e. The van der Waals surface area contributed by atoms with E-state index in [1.54, 1.807) is 6.26 Å². The number of hydrogen-bond acceptors (Lipinski definition) is 5. The Morgan fingerprint density at radius 1 is 0.935 bits per heavy atom. The van der Waals surface area contributed by atoms with Crippen molar-refractivity contribution in [3.8, 4) is 11.5 Å². The molecule has 5 rings (SSSR count). The molecule has 2 aromatic rings. The summed E-state index contributed by atoms with van der Waals surface area (Å²) in [7, 11) is -0.864. The van der Waals surface area contributed by atoms with Crippen molar-refractivity contribution < 1.29 is 13.7 Å². The van der Waals surface area contributed by atoms with Gasteiger partial charge in [0.1, 0.15) is 13.2 Å². The standard InChI is InChI=1S/C24H31N3O3S/c1-31(28)27-13-11-25(12-14-27)21-7-4-19(5-8-21)18-26-10-2-3-22(26)20-6-9-23-24(17-20)30-16-15-29-23/h4-9,17,22H,2-3,10-16,18H2,1H3. The fourth-order valence-corrected chi connectivity index (χ4v) is 5.59. The van der Waals surface area contributed by atoms with E-state index in [9.17, 15) is 4.21 Å². The Kier molecular flexibility index (Phi) is 6.16. The summed E-state index contributed by atoms with van der Waals surface area (Å²) in [5.41, 5.74) is 3.93. The SMILES string of the molecule is CS(=O)N1CCN(c2ccc(CN3CCCC3c3ccc4c(c3)OCCO4)cc2)CC1. The Bertz CT molecular complexity index is 928. The second kappa shape index (κ2) is 9.18. The highest BCUT2D eigenvalue weighted by Crippen LogP contribution is 2.38. The van der Waals surface area contributed by atoms with Crippen LogP contribution in [0, 0.1) is 0 Å². The molecule has 0 spiro atoms. The Morgan fingerprint density at radius 2 is 1.68 bits per heavy atom. The van der Waals surface area contributed by atoms with Crippen LogP contribution in [0.25, 0.3) is 0 Å². The van der Waals surface area contributed by atoms with Crippen LogP contribution >= 0.6 is 0 Å². The summed E-state index contributed by atoms with van der Waals surface area (Å²) < 4.78 is 25.2. The number of ether oxygens (including phenoxy) is 2. The van der Waals surface area contributed by atoms with Crippen LogP contribution in [0.4, 0.5) is 5.69 Å². The summed E-state index contributed by atoms with van der Waals surface area (Å²) in [4.78, 5) is 4.97. The minimum Gasteiger partial charge on any atom is -0.486 e. The molecule has 2 aromatic carbocycles. The van der Waals surface area contributed by atoms with E-state index in [1.807, 2.05) is 4.31 Å². The van der Waals surface area contributed by atoms with Crippen molar-refractivity contribution >= 4 is 16.7 Å². The molecule has 0 radical (unpaired) electrons. The van der Waals surface area contributed by atoms with E-state index in [2.05, 4.69) is 52.3 Å². The van der Waals surface area contributed by atoms with Gasteiger partial charge in [-0.15, -0.1) is 0 Å². The molecule has 2 unspecified atom stereocenters. The van der Waals surface area contributed by atoms with Crippen molar-refractivity contribution in [3.63, 3.8) is 0 Å². The molecular weight excluding hydrogens is 410 g/mol. The third-order valence-electron chi connectivity index (χ3n) is 6.60. The molecule has 0 amide bonds. The number of piperazine rings is 1. The van der Waals surface area contributed by atoms with Crippen molar-refractivity contribution in [3.05, 3.63) is 53.6 Å². The Labute approximate surface area is 187 Å². The van der Waals surface area contributed by atoms with Crippen molar-refractivity contribution in [2.45, 2.75) is 25.4 Å². The Morgan fingerprint density at radius 3 is 2.42 bits per heavy atom. The van der Waals surface area contributed by atoms with E-state index in [0.717, 1.165) is 50.8 Å². The van der Waals surface area contributed by atoms with Gasteiger partial charge in [0.05, 0.1) is 11.0 Å². The number of anilines is 1. The van der Waals surface area contributed by atoms with Crippen LogP contribution in [0.5, 0.6) is 11.5 Å². The lowest BCUT2D eigenvalue weighted by Crippen LogP contribution is -2.46. The number of rotatable bonds is 5. The first-order chi connectivity index (χ1) is 15.2. The molecule has 0 aromatic heterocycles. The highest BCUT2D eigenvalue weighted by atomic mass is 32.2. The number of benzene rings is 2. The van der Waals surface area contributed by atoms with Crippen LogP contribution in [0.15, 0.2) is 42.5 Å². The van der Waals surface area contributed by atoms with Crippen LogP contribution in [0.1, 0.15) is 30.0 Å². The second-order valence-corrected chi connectivity index (χ2v) is 9.90. The molecule has 2 atom stereocenters. The van der Waals surface area contributed by atoms with Crippen molar-refractivity contribution in [1.82, 2.24) is 9.21 Å². The van der Waals surface area contributed by atoms with Gasteiger partial charge in [-0.2, -0.15) is 0 Å². The summed E-state index contributed by atoms with van der Waals surface area (Å²) in [6.07, 6.45) is 4.17. The Hall–Kier alpha value is -2.09. The topological polar surface area (TPSA) is 45.3 Å². The second-order valence-electron chi connectivity index (χ2n) is 8.54. The first-order valence-corrected chi connectivity index (χ1v) is 12.7. The molecule has 3 aliphatic heterocycles. The van der Waals surface area contributed by atoms with Gasteiger partial charge in [-0.25, -0.2) is 8.51 Å². The molecule has 2 fully saturated rings. The average Bonchev–Trinajstić information content (AvgIpc) is 3.27. The number of likely N-dealkylation sites (tertiary alicyclic amines) is 1. The van der Waals surface area contributed by atoms with Crippen LogP contribution in [0.3, 0.4) is 0 Å². The zero-order valence-corrected chi connectivity index (χ0v) is 19.0. The molecule has 166 valence electrons. The van der Waals surface area contributed by atoms with E-state index >= 15 is 0 Å². The highest BCUT2D eigenvalue weighted by molar-refractivity contribution is 7.81. The number of nitrogens with zero attached hydrogens (tertiary/aromatic N) is 3. The normalized spacial score (nSPS) is 23.1. The van der Waals surface area contributed by atoms with E-state index in [1.165, 1.54) is 29.7 Å². The van der Waals surface area contributed by atoms with Crippen LogP contribution < -0.4 is 14.4 Å². The molecule has 7 heteroatoms. The number of fused-ring (bicyclic) bond motifs is 1. The molecule has 3 aliphatic rings. The van der Waals surface area contributed by atoms with Gasteiger partial charge in [-0.3, -0.25) is 4.90 Å². The zero-order chi connectivity index (χ0) is 21.2. The molecule has 6 nitrogen and oxygen atoms in total. The molecule has 0 aliphatic carbocycles. The Balaban J connectivity index is 1.23. The first-order valence-electron chi connectivity index (χ1n) is 11.2. The third kappa shape index (κ3) is 4.59. The van der Waals surface area contributed by atoms with Crippen molar-refractivity contribution in [1.29, 1.82) is 0 Å². The lowest BCUT2D eigenvalue weighted by Gasteiger charge is -2.34. The molecule has 0 N–H and O–H groups in total. The lowest BCUT2D eigenvalue weighted by atomic mass is 10.0. The molecule has 0 bridgehead atoms. The maximum Gasteiger partial charge on any atom is 0.161 e. The maximum absolute atomic E-state index is 11.7. The van der Waals surface area contributed by atoms with Gasteiger partial charge >= 0.3 is 0 Å². The monoisotopic (exact) mass is 441 g/mol. The van der Waals surface area contributed by atoms with Gasteiger partial charge in [0, 0.05) is 50.7 Å². The van der Waals surface area contributed by atoms with Gasteiger partial charge in [0.15, 0.2) is 11.5 Å². The summed E-state index contributed by atoms with van der Waals surface area (Å²) in [6.45, 7) is 6.91. The molecule has 0 saturated carbocycles. The quantitative estimate of drug-likeness (QED) is 0.713. The summed E-state index contributed by atoms with van der Waals surface area (Å²) in [5, 5.41) is 0. The van der Waals surface area contributed by atoms with Gasteiger partial charge in [-0.05, 0) is 54.8 Å². The maximum atomic E-state index is 11.7. The largest absolute Gasteiger partial charge is 0.486 e. The molecular formula is C24H31N3O3S. The summed E-state index contributed by atoms with van der Waals surface area (Å²) in [5.74, 6) is 1.74. The molecule has 2 saturated heterocycles.